The van der Waals surface area contributed by atoms with E-state index in [0.29, 0.717) is 21.8 Å². The fraction of sp³-hybridized carbons (Fsp3) is 0. The number of halogens is 2. The molecule has 0 aliphatic carbocycles. The highest BCUT2D eigenvalue weighted by Gasteiger charge is 2.05. The van der Waals surface area contributed by atoms with E-state index in [0.717, 1.165) is 11.0 Å². The second kappa shape index (κ2) is 4.55. The van der Waals surface area contributed by atoms with Crippen LogP contribution in [0, 0.1) is 5.82 Å². The first-order chi connectivity index (χ1) is 9.11. The van der Waals surface area contributed by atoms with Gasteiger partial charge in [-0.1, -0.05) is 0 Å². The van der Waals surface area contributed by atoms with Gasteiger partial charge in [0, 0.05) is 11.4 Å². The third kappa shape index (κ3) is 2.39. The largest absolute Gasteiger partial charge is 0.399 e. The number of hydrogen-bond donors (Lipinski definition) is 3. The second-order valence-electron chi connectivity index (χ2n) is 4.12. The molecule has 0 atom stereocenters. The SMILES string of the molecule is Nc1ccc2nc(Nc3ccc(Br)c(F)c3)[nH]c2c1. The average Bonchev–Trinajstić information content (AvgIpc) is 2.75. The lowest BCUT2D eigenvalue weighted by atomic mass is 10.3. The smallest absolute Gasteiger partial charge is 0.205 e. The van der Waals surface area contributed by atoms with E-state index in [1.54, 1.807) is 24.3 Å². The highest BCUT2D eigenvalue weighted by Crippen LogP contribution is 2.23. The first-order valence-corrected chi connectivity index (χ1v) is 6.38. The van der Waals surface area contributed by atoms with Crippen LogP contribution in [-0.4, -0.2) is 9.97 Å². The molecule has 3 rings (SSSR count). The molecule has 0 unspecified atom stereocenters. The van der Waals surface area contributed by atoms with Crippen LogP contribution in [0.25, 0.3) is 11.0 Å². The van der Waals surface area contributed by atoms with Gasteiger partial charge in [-0.25, -0.2) is 9.37 Å². The zero-order valence-electron chi connectivity index (χ0n) is 9.74. The number of nitrogen functional groups attached to an aromatic ring is 1. The minimum Gasteiger partial charge on any atom is -0.399 e. The van der Waals surface area contributed by atoms with E-state index >= 15 is 0 Å². The molecule has 0 spiro atoms. The Hall–Kier alpha value is -2.08. The number of anilines is 3. The maximum Gasteiger partial charge on any atom is 0.205 e. The molecule has 0 radical (unpaired) electrons. The molecule has 1 heterocycles. The van der Waals surface area contributed by atoms with Crippen LogP contribution in [0.3, 0.4) is 0 Å². The van der Waals surface area contributed by atoms with Crippen molar-refractivity contribution in [3.05, 3.63) is 46.7 Å². The summed E-state index contributed by atoms with van der Waals surface area (Å²) in [6.07, 6.45) is 0. The Morgan fingerprint density at radius 1 is 1.21 bits per heavy atom. The van der Waals surface area contributed by atoms with E-state index in [1.807, 2.05) is 6.07 Å². The van der Waals surface area contributed by atoms with E-state index in [1.165, 1.54) is 6.07 Å². The molecule has 19 heavy (non-hydrogen) atoms. The minimum atomic E-state index is -0.328. The molecule has 6 heteroatoms. The predicted molar refractivity (Wildman–Crippen MR) is 77.9 cm³/mol. The van der Waals surface area contributed by atoms with Crippen LogP contribution in [0.1, 0.15) is 0 Å². The van der Waals surface area contributed by atoms with Crippen LogP contribution < -0.4 is 11.1 Å². The number of aromatic amines is 1. The first-order valence-electron chi connectivity index (χ1n) is 5.59. The van der Waals surface area contributed by atoms with Crippen molar-refractivity contribution in [2.24, 2.45) is 0 Å². The molecule has 4 N–H and O–H groups in total. The van der Waals surface area contributed by atoms with Crippen LogP contribution in [0.5, 0.6) is 0 Å². The maximum atomic E-state index is 13.4. The van der Waals surface area contributed by atoms with E-state index < -0.39 is 0 Å². The lowest BCUT2D eigenvalue weighted by molar-refractivity contribution is 0.622. The van der Waals surface area contributed by atoms with Gasteiger partial charge in [-0.15, -0.1) is 0 Å². The Bertz CT molecular complexity index is 753. The topological polar surface area (TPSA) is 66.7 Å². The van der Waals surface area contributed by atoms with Crippen LogP contribution >= 0.6 is 15.9 Å². The number of hydrogen-bond acceptors (Lipinski definition) is 3. The molecule has 0 saturated carbocycles. The molecule has 0 aliphatic heterocycles. The average molecular weight is 321 g/mol. The van der Waals surface area contributed by atoms with Crippen molar-refractivity contribution in [1.29, 1.82) is 0 Å². The summed E-state index contributed by atoms with van der Waals surface area (Å²) in [5.41, 5.74) is 8.62. The highest BCUT2D eigenvalue weighted by atomic mass is 79.9. The Kier molecular flexibility index (Phi) is 2.87. The van der Waals surface area contributed by atoms with Gasteiger partial charge in [-0.2, -0.15) is 0 Å². The normalized spacial score (nSPS) is 10.8. The Morgan fingerprint density at radius 2 is 2.05 bits per heavy atom. The van der Waals surface area contributed by atoms with E-state index in [4.69, 9.17) is 5.73 Å². The fourth-order valence-corrected chi connectivity index (χ4v) is 2.04. The molecule has 2 aromatic carbocycles. The number of nitrogens with one attached hydrogen (secondary N) is 2. The Morgan fingerprint density at radius 3 is 2.84 bits per heavy atom. The van der Waals surface area contributed by atoms with Gasteiger partial charge in [0.1, 0.15) is 5.82 Å². The summed E-state index contributed by atoms with van der Waals surface area (Å²) in [6.45, 7) is 0. The van der Waals surface area contributed by atoms with E-state index in [9.17, 15) is 4.39 Å². The number of fused-ring (bicyclic) bond motifs is 1. The molecule has 0 saturated heterocycles. The highest BCUT2D eigenvalue weighted by molar-refractivity contribution is 9.10. The summed E-state index contributed by atoms with van der Waals surface area (Å²) < 4.78 is 13.8. The first kappa shape index (κ1) is 12.0. The third-order valence-corrected chi connectivity index (χ3v) is 3.33. The van der Waals surface area contributed by atoms with Crippen molar-refractivity contribution in [2.45, 2.75) is 0 Å². The lowest BCUT2D eigenvalue weighted by Crippen LogP contribution is -1.93. The molecule has 0 amide bonds. The van der Waals surface area contributed by atoms with E-state index in [2.05, 4.69) is 31.2 Å². The van der Waals surface area contributed by atoms with Crippen LogP contribution in [-0.2, 0) is 0 Å². The summed E-state index contributed by atoms with van der Waals surface area (Å²) in [4.78, 5) is 7.43. The molecule has 4 nitrogen and oxygen atoms in total. The van der Waals surface area contributed by atoms with Gasteiger partial charge < -0.3 is 16.0 Å². The summed E-state index contributed by atoms with van der Waals surface area (Å²) >= 11 is 3.11. The molecule has 1 aromatic heterocycles. The molecule has 3 aromatic rings. The molecule has 0 bridgehead atoms. The van der Waals surface area contributed by atoms with Crippen LogP contribution in [0.2, 0.25) is 0 Å². The van der Waals surface area contributed by atoms with Crippen LogP contribution in [0.4, 0.5) is 21.7 Å². The third-order valence-electron chi connectivity index (χ3n) is 2.69. The van der Waals surface area contributed by atoms with Crippen molar-refractivity contribution < 1.29 is 4.39 Å². The van der Waals surface area contributed by atoms with Crippen molar-refractivity contribution in [1.82, 2.24) is 9.97 Å². The number of imidazole rings is 1. The summed E-state index contributed by atoms with van der Waals surface area (Å²) in [5, 5.41) is 3.01. The number of nitrogens with zero attached hydrogens (tertiary/aromatic N) is 1. The number of rotatable bonds is 2. The van der Waals surface area contributed by atoms with Gasteiger partial charge in [0.2, 0.25) is 5.95 Å². The van der Waals surface area contributed by atoms with Crippen molar-refractivity contribution in [3.8, 4) is 0 Å². The van der Waals surface area contributed by atoms with Crippen molar-refractivity contribution in [2.75, 3.05) is 11.1 Å². The van der Waals surface area contributed by atoms with Crippen LogP contribution in [0.15, 0.2) is 40.9 Å². The number of H-pyrrole nitrogens is 1. The Balaban J connectivity index is 1.94. The molecular weight excluding hydrogens is 311 g/mol. The van der Waals surface area contributed by atoms with Gasteiger partial charge in [-0.05, 0) is 52.3 Å². The van der Waals surface area contributed by atoms with Gasteiger partial charge in [-0.3, -0.25) is 0 Å². The molecular formula is C13H10BrFN4. The summed E-state index contributed by atoms with van der Waals surface area (Å²) in [7, 11) is 0. The number of nitrogens with two attached hydrogens (primary N) is 1. The summed E-state index contributed by atoms with van der Waals surface area (Å²) in [6, 6.07) is 10.2. The van der Waals surface area contributed by atoms with Gasteiger partial charge >= 0.3 is 0 Å². The van der Waals surface area contributed by atoms with Gasteiger partial charge in [0.25, 0.3) is 0 Å². The zero-order valence-corrected chi connectivity index (χ0v) is 11.3. The molecule has 96 valence electrons. The fourth-order valence-electron chi connectivity index (χ4n) is 1.80. The molecule has 0 fully saturated rings. The quantitative estimate of drug-likeness (QED) is 0.629. The predicted octanol–water partition coefficient (Wildman–Crippen LogP) is 3.79. The van der Waals surface area contributed by atoms with Crippen molar-refractivity contribution >= 4 is 44.3 Å². The summed E-state index contributed by atoms with van der Waals surface area (Å²) in [5.74, 6) is 0.215. The standard InChI is InChI=1S/C13H10BrFN4/c14-9-3-2-8(6-10(9)15)17-13-18-11-4-1-7(16)5-12(11)19-13/h1-6H,16H2,(H2,17,18,19). The monoisotopic (exact) mass is 320 g/mol. The van der Waals surface area contributed by atoms with Crippen molar-refractivity contribution in [3.63, 3.8) is 0 Å². The van der Waals surface area contributed by atoms with Gasteiger partial charge in [0.05, 0.1) is 15.5 Å². The lowest BCUT2D eigenvalue weighted by Gasteiger charge is -2.03. The minimum absolute atomic E-state index is 0.328. The van der Waals surface area contributed by atoms with E-state index in [-0.39, 0.29) is 5.82 Å². The maximum absolute atomic E-state index is 13.4. The Labute approximate surface area is 117 Å². The number of benzene rings is 2. The second-order valence-corrected chi connectivity index (χ2v) is 4.97. The zero-order chi connectivity index (χ0) is 13.4. The molecule has 0 aliphatic rings. The van der Waals surface area contributed by atoms with Gasteiger partial charge in [0.15, 0.2) is 0 Å². The number of aromatic nitrogens is 2.